The first-order valence-corrected chi connectivity index (χ1v) is 61.4. The summed E-state index contributed by atoms with van der Waals surface area (Å²) in [7, 11) is -85.7. The van der Waals surface area contributed by atoms with Crippen molar-refractivity contribution >= 4 is 133 Å². The number of hydrogen-bond donors (Lipinski definition) is 8. The molecule has 0 heterocycles. The van der Waals surface area contributed by atoms with E-state index in [4.69, 9.17) is 39.4 Å². The Morgan fingerprint density at radius 3 is 0.341 bits per heavy atom. The van der Waals surface area contributed by atoms with Gasteiger partial charge in [0.15, 0.2) is 0 Å². The van der Waals surface area contributed by atoms with Crippen LogP contribution in [-0.2, 0) is 200 Å². The van der Waals surface area contributed by atoms with Gasteiger partial charge in [-0.15, -0.1) is 0 Å². The molecule has 69 nitrogen and oxygen atoms in total. The van der Waals surface area contributed by atoms with Gasteiger partial charge in [-0.1, -0.05) is 0 Å². The topological polar surface area (TPSA) is 1090 Å². The molecule has 0 fully saturated rings. The number of halogens is 6. The van der Waals surface area contributed by atoms with Crippen LogP contribution < -0.4 is 83.2 Å². The first kappa shape index (κ1) is 152. The Morgan fingerprint density at radius 2 is 0.268 bits per heavy atom. The van der Waals surface area contributed by atoms with Gasteiger partial charge in [-0.2, -0.15) is 0 Å². The average Bonchev–Trinajstić information content (AvgIpc) is 0.898. The number of rotatable bonds is 77. The van der Waals surface area contributed by atoms with E-state index in [9.17, 15) is 187 Å². The minimum Gasteiger partial charge on any atom is -0.756 e. The third-order valence-corrected chi connectivity index (χ3v) is 25.0. The van der Waals surface area contributed by atoms with Crippen LogP contribution in [0, 0.1) is 35.5 Å². The van der Waals surface area contributed by atoms with Gasteiger partial charge < -0.3 is 245 Å². The largest absolute Gasteiger partial charge is 0.756 e. The molecule has 0 aromatic heterocycles. The van der Waals surface area contributed by atoms with Crippen LogP contribution >= 0.6 is 133 Å². The molecule has 0 rings (SSSR count). The number of phosphoric acid groups is 17. The van der Waals surface area contributed by atoms with Gasteiger partial charge in [-0.25, -0.2) is 0 Å². The van der Waals surface area contributed by atoms with Gasteiger partial charge in [0.2, 0.25) is 0 Å². The van der Waals surface area contributed by atoms with Crippen molar-refractivity contribution in [1.29, 1.82) is 0 Å². The Labute approximate surface area is 780 Å². The minimum absolute atomic E-state index is 0.0166. The van der Waals surface area contributed by atoms with Crippen LogP contribution in [0.5, 0.6) is 0 Å². The molecule has 0 radical (unpaired) electrons. The Kier molecular flexibility index (Phi) is 86.7. The average molecular weight is 2400 g/mol. The lowest BCUT2D eigenvalue weighted by atomic mass is 10.2. The maximum Gasteiger partial charge on any atom is 0.267 e. The molecule has 0 aliphatic carbocycles. The first-order chi connectivity index (χ1) is 62.6. The van der Waals surface area contributed by atoms with E-state index in [0.717, 1.165) is 0 Å². The van der Waals surface area contributed by atoms with Crippen molar-refractivity contribution in [1.82, 2.24) is 0 Å². The molecular formula is C46H100F6O69P17-17. The van der Waals surface area contributed by atoms with Crippen LogP contribution in [0.15, 0.2) is 0 Å². The highest BCUT2D eigenvalue weighted by atomic mass is 31.2. The van der Waals surface area contributed by atoms with E-state index in [2.05, 4.69) is 122 Å². The highest BCUT2D eigenvalue weighted by Crippen LogP contribution is 2.49. The smallest absolute Gasteiger partial charge is 0.267 e. The van der Waals surface area contributed by atoms with Crippen molar-refractivity contribution in [2.24, 2.45) is 35.5 Å². The summed E-state index contributed by atoms with van der Waals surface area (Å²) in [6.07, 6.45) is 0. The van der Waals surface area contributed by atoms with E-state index >= 15 is 0 Å². The predicted octanol–water partition coefficient (Wildman–Crippen LogP) is -6.11. The van der Waals surface area contributed by atoms with Gasteiger partial charge in [0.05, 0.1) is 225 Å². The van der Waals surface area contributed by atoms with E-state index in [1.807, 2.05) is 0 Å². The van der Waals surface area contributed by atoms with Gasteiger partial charge in [-0.3, -0.25) is 104 Å². The van der Waals surface area contributed by atoms with E-state index < -0.39 is 354 Å². The van der Waals surface area contributed by atoms with Gasteiger partial charge in [-0.05, 0) is 41.5 Å². The highest BCUT2D eigenvalue weighted by molar-refractivity contribution is 7.49. The summed E-state index contributed by atoms with van der Waals surface area (Å²) in [6.45, 7) is -24.1. The van der Waals surface area contributed by atoms with Crippen LogP contribution in [0.1, 0.15) is 41.5 Å². The summed E-state index contributed by atoms with van der Waals surface area (Å²) in [5.41, 5.74) is 0. The van der Waals surface area contributed by atoms with Crippen molar-refractivity contribution in [3.8, 4) is 0 Å². The number of aliphatic hydroxyl groups excluding tert-OH is 1. The molecule has 0 aliphatic heterocycles. The minimum atomic E-state index is -5.49. The maximum absolute atomic E-state index is 13.6. The Morgan fingerprint density at radius 1 is 0.174 bits per heavy atom. The van der Waals surface area contributed by atoms with Crippen LogP contribution in [0.3, 0.4) is 0 Å². The highest BCUT2D eigenvalue weighted by Gasteiger charge is 2.27. The van der Waals surface area contributed by atoms with E-state index in [1.165, 1.54) is 41.5 Å². The molecule has 23 atom stereocenters. The Bertz CT molecular complexity index is 3850. The van der Waals surface area contributed by atoms with E-state index in [-0.39, 0.29) is 39.6 Å². The van der Waals surface area contributed by atoms with Gasteiger partial charge in [0, 0.05) is 35.5 Å². The van der Waals surface area contributed by atoms with Crippen molar-refractivity contribution in [2.75, 3.05) is 225 Å². The fraction of sp³-hybridized carbons (Fsp3) is 1.00. The van der Waals surface area contributed by atoms with Crippen LogP contribution in [0.2, 0.25) is 0 Å². The monoisotopic (exact) mass is 2400 g/mol. The first-order valence-electron chi connectivity index (χ1n) is 36.3. The standard InChI is InChI=1S/C34H75F6O45P11.6C2H7O4P/c35-11-29(17-41)18-76-87(45,46)65-1-2-67-89(49,50)78-21-31(13-37)22-80-91(53,54)69-5-6-71-93(57,58)82-25-33(15-39)26-84-95(61,62)73-9-10-74-96(63,64)85-28-34(16-40)27-83-94(59,60)72-8-7-70-92(55,56)81-24-32(14-38)23-79-90(51,52)68-4-3-66-88(47,48)77-20-30(12-36)19-75-86(42,43)44;6*1-2-6-7(3,4)5/h29-34,41H,1-28H2,(H,45,46)(H,47,48)(H,49,50)(H,51,52)(H,53,54)(H,55,56)(H,57,58)(H,59,60)(H,61,62)(H,63,64)(H2,42,43,44);6*2H2,1H3,(H2,3,4,5)/p-17. The zero-order valence-corrected chi connectivity index (χ0v) is 87.1. The number of phosphoric ester groups is 17. The molecule has 0 amide bonds. The van der Waals surface area contributed by atoms with Crippen LogP contribution in [0.4, 0.5) is 26.3 Å². The second-order valence-corrected chi connectivity index (χ2v) is 45.6. The molecule has 92 heteroatoms. The van der Waals surface area contributed by atoms with Crippen LogP contribution in [0.25, 0.3) is 0 Å². The van der Waals surface area contributed by atoms with E-state index in [0.29, 0.717) is 0 Å². The maximum atomic E-state index is 13.6. The zero-order valence-electron chi connectivity index (χ0n) is 71.9. The predicted molar refractivity (Wildman–Crippen MR) is 403 cm³/mol. The van der Waals surface area contributed by atoms with Gasteiger partial charge >= 0.3 is 0 Å². The van der Waals surface area contributed by atoms with Crippen molar-refractivity contribution in [3.05, 3.63) is 0 Å². The Balaban J connectivity index is -0.000000665. The number of hydrogen-bond acceptors (Lipinski definition) is 62. The van der Waals surface area contributed by atoms with Crippen molar-refractivity contribution in [2.45, 2.75) is 41.5 Å². The number of aliphatic hydroxyl groups is 1. The molecule has 0 aromatic carbocycles. The molecule has 0 saturated heterocycles. The molecule has 8 N–H and O–H groups in total. The van der Waals surface area contributed by atoms with Crippen LogP contribution in [-0.4, -0.2) is 264 Å². The fourth-order valence-electron chi connectivity index (χ4n) is 5.84. The van der Waals surface area contributed by atoms with Crippen molar-refractivity contribution < 1.29 is 349 Å². The van der Waals surface area contributed by atoms with Gasteiger partial charge in [0.1, 0.15) is 0 Å². The van der Waals surface area contributed by atoms with Crippen molar-refractivity contribution in [3.63, 3.8) is 0 Å². The lowest BCUT2D eigenvalue weighted by Gasteiger charge is -2.29. The molecule has 0 aliphatic rings. The normalized spacial score (nSPS) is 20.5. The summed E-state index contributed by atoms with van der Waals surface area (Å²) in [5, 5.41) is 8.84. The second-order valence-electron chi connectivity index (χ2n) is 23.1. The molecule has 0 saturated carbocycles. The fourth-order valence-corrected chi connectivity index (χ4v) is 15.9. The van der Waals surface area contributed by atoms with E-state index in [1.54, 1.807) is 0 Å². The third kappa shape index (κ3) is 113. The number of alkyl halides is 6. The summed E-state index contributed by atoms with van der Waals surface area (Å²) >= 11 is 0. The summed E-state index contributed by atoms with van der Waals surface area (Å²) in [6, 6.07) is 0. The summed E-state index contributed by atoms with van der Waals surface area (Å²) in [5.74, 6) is -9.52. The molecular weight excluding hydrogens is 2300 g/mol. The molecule has 23 unspecified atom stereocenters. The lowest BCUT2D eigenvalue weighted by Crippen LogP contribution is -2.23. The summed E-state index contributed by atoms with van der Waals surface area (Å²) < 4.78 is 381. The second kappa shape index (κ2) is 78.5. The molecule has 0 spiro atoms. The Hall–Kier alpha value is 1.41. The SMILES string of the molecule is CCOP(=O)([O-])O.CCOP(=O)([O-])O.CCOP(=O)([O-])O.CCOP(=O)([O-])O.CCOP(=O)([O-])O.CCOP(=O)([O-])O.O=P([O-])(O)OCC(CF)COP(=O)([O-])OCCOP(=O)([O-])OCC(CF)COP(=O)([O-])OCCOP(=O)([O-])OCC(CF)COP(=O)([O-])OCCOP(=O)([O-])OCC(CF)COP(=O)([O-])OCCOP(=O)([O-])OCC(CF)COP(=O)([O-])OCCOP(=O)([O-])OCC(CO)CF. The quantitative estimate of drug-likeness (QED) is 0.0160. The third-order valence-electron chi connectivity index (χ3n) is 11.4. The molecule has 0 bridgehead atoms. The zero-order chi connectivity index (χ0) is 109. The molecule has 842 valence electrons. The molecule has 138 heavy (non-hydrogen) atoms. The lowest BCUT2D eigenvalue weighted by molar-refractivity contribution is -0.237. The summed E-state index contributed by atoms with van der Waals surface area (Å²) in [4.78, 5) is 243. The molecule has 0 aromatic rings. The van der Waals surface area contributed by atoms with Gasteiger partial charge in [0.25, 0.3) is 133 Å².